The van der Waals surface area contributed by atoms with Crippen LogP contribution >= 0.6 is 11.8 Å². The van der Waals surface area contributed by atoms with Crippen LogP contribution in [0.4, 0.5) is 0 Å². The average Bonchev–Trinajstić information content (AvgIpc) is 2.15. The molecule has 0 amide bonds. The molecule has 1 N–H and O–H groups in total. The molecule has 1 unspecified atom stereocenters. The van der Waals surface area contributed by atoms with E-state index in [0.717, 1.165) is 11.2 Å². The molecule has 2 heteroatoms. The first-order chi connectivity index (χ1) is 5.84. The quantitative estimate of drug-likeness (QED) is 0.726. The van der Waals surface area contributed by atoms with Crippen LogP contribution in [0.3, 0.4) is 0 Å². The van der Waals surface area contributed by atoms with Crippen LogP contribution in [0.15, 0.2) is 0 Å². The van der Waals surface area contributed by atoms with Crippen molar-refractivity contribution >= 4 is 11.8 Å². The second kappa shape index (κ2) is 5.87. The molecule has 1 fully saturated rings. The molecule has 1 heterocycles. The second-order valence-electron chi connectivity index (χ2n) is 3.66. The van der Waals surface area contributed by atoms with Crippen LogP contribution in [-0.4, -0.2) is 24.1 Å². The van der Waals surface area contributed by atoms with Gasteiger partial charge in [0.2, 0.25) is 0 Å². The summed E-state index contributed by atoms with van der Waals surface area (Å²) in [6, 6.07) is 0. The lowest BCUT2D eigenvalue weighted by atomic mass is 9.95. The Hall–Kier alpha value is 0.310. The zero-order chi connectivity index (χ0) is 8.81. The molecule has 1 saturated heterocycles. The Morgan fingerprint density at radius 1 is 1.42 bits per heavy atom. The average molecular weight is 187 g/mol. The van der Waals surface area contributed by atoms with E-state index >= 15 is 0 Å². The predicted octanol–water partition coefficient (Wildman–Crippen LogP) is 2.52. The summed E-state index contributed by atoms with van der Waals surface area (Å²) < 4.78 is 0. The van der Waals surface area contributed by atoms with Crippen molar-refractivity contribution in [2.24, 2.45) is 5.92 Å². The smallest absolute Gasteiger partial charge is 0.00479 e. The van der Waals surface area contributed by atoms with Crippen LogP contribution in [0.2, 0.25) is 0 Å². The molecule has 72 valence electrons. The number of thioether (sulfide) groups is 1. The highest BCUT2D eigenvalue weighted by Gasteiger charge is 2.19. The largest absolute Gasteiger partial charge is 0.317 e. The highest BCUT2D eigenvalue weighted by Crippen LogP contribution is 2.26. The minimum absolute atomic E-state index is 0.882. The third kappa shape index (κ3) is 3.36. The van der Waals surface area contributed by atoms with Crippen molar-refractivity contribution in [1.82, 2.24) is 5.32 Å². The van der Waals surface area contributed by atoms with Gasteiger partial charge in [-0.2, -0.15) is 11.8 Å². The topological polar surface area (TPSA) is 12.0 Å². The van der Waals surface area contributed by atoms with E-state index in [1.54, 1.807) is 0 Å². The van der Waals surface area contributed by atoms with E-state index in [2.05, 4.69) is 30.9 Å². The van der Waals surface area contributed by atoms with Crippen LogP contribution in [0, 0.1) is 5.92 Å². The van der Waals surface area contributed by atoms with E-state index in [0.29, 0.717) is 0 Å². The van der Waals surface area contributed by atoms with Crippen LogP contribution in [0.25, 0.3) is 0 Å². The van der Waals surface area contributed by atoms with Crippen LogP contribution in [-0.2, 0) is 0 Å². The summed E-state index contributed by atoms with van der Waals surface area (Å²) in [5.74, 6) is 2.31. The Balaban J connectivity index is 2.15. The van der Waals surface area contributed by atoms with Gasteiger partial charge < -0.3 is 5.32 Å². The van der Waals surface area contributed by atoms with Crippen molar-refractivity contribution in [1.29, 1.82) is 0 Å². The van der Waals surface area contributed by atoms with Crippen molar-refractivity contribution in [3.05, 3.63) is 0 Å². The SMILES string of the molecule is CCCSC(C)C1CCNCC1. The summed E-state index contributed by atoms with van der Waals surface area (Å²) in [6.07, 6.45) is 4.09. The van der Waals surface area contributed by atoms with E-state index in [9.17, 15) is 0 Å². The summed E-state index contributed by atoms with van der Waals surface area (Å²) in [7, 11) is 0. The van der Waals surface area contributed by atoms with Gasteiger partial charge in [0.15, 0.2) is 0 Å². The van der Waals surface area contributed by atoms with Gasteiger partial charge in [-0.1, -0.05) is 13.8 Å². The molecular weight excluding hydrogens is 166 g/mol. The molecule has 1 atom stereocenters. The molecule has 0 radical (unpaired) electrons. The fourth-order valence-corrected chi connectivity index (χ4v) is 2.91. The van der Waals surface area contributed by atoms with E-state index in [4.69, 9.17) is 0 Å². The molecule has 0 bridgehead atoms. The van der Waals surface area contributed by atoms with E-state index in [1.807, 2.05) is 0 Å². The Bertz CT molecular complexity index is 110. The Kier molecular flexibility index (Phi) is 5.08. The van der Waals surface area contributed by atoms with Crippen LogP contribution < -0.4 is 5.32 Å². The lowest BCUT2D eigenvalue weighted by molar-refractivity contribution is 0.373. The molecule has 0 aromatic carbocycles. The number of rotatable bonds is 4. The maximum Gasteiger partial charge on any atom is 0.00479 e. The Morgan fingerprint density at radius 2 is 2.08 bits per heavy atom. The second-order valence-corrected chi connectivity index (χ2v) is 5.15. The molecule has 0 spiro atoms. The number of hydrogen-bond donors (Lipinski definition) is 1. The summed E-state index contributed by atoms with van der Waals surface area (Å²) in [6.45, 7) is 7.14. The Morgan fingerprint density at radius 3 is 2.67 bits per heavy atom. The van der Waals surface area contributed by atoms with Gasteiger partial charge in [0, 0.05) is 5.25 Å². The Labute approximate surface area is 80.7 Å². The van der Waals surface area contributed by atoms with Crippen molar-refractivity contribution in [3.8, 4) is 0 Å². The maximum atomic E-state index is 3.42. The molecule has 0 aromatic rings. The highest BCUT2D eigenvalue weighted by atomic mass is 32.2. The van der Waals surface area contributed by atoms with E-state index in [1.165, 1.54) is 38.1 Å². The first-order valence-corrected chi connectivity index (χ1v) is 6.21. The van der Waals surface area contributed by atoms with Gasteiger partial charge >= 0.3 is 0 Å². The lowest BCUT2D eigenvalue weighted by Gasteiger charge is -2.27. The molecule has 0 saturated carbocycles. The molecule has 1 nitrogen and oxygen atoms in total. The van der Waals surface area contributed by atoms with E-state index in [-0.39, 0.29) is 0 Å². The maximum absolute atomic E-state index is 3.42. The van der Waals surface area contributed by atoms with Gasteiger partial charge in [-0.05, 0) is 44.0 Å². The first-order valence-electron chi connectivity index (χ1n) is 5.17. The molecule has 1 aliphatic rings. The fourth-order valence-electron chi connectivity index (χ4n) is 1.75. The summed E-state index contributed by atoms with van der Waals surface area (Å²) in [4.78, 5) is 0. The third-order valence-corrected chi connectivity index (χ3v) is 4.19. The number of piperidine rings is 1. The summed E-state index contributed by atoms with van der Waals surface area (Å²) >= 11 is 2.16. The summed E-state index contributed by atoms with van der Waals surface area (Å²) in [5, 5.41) is 4.30. The van der Waals surface area contributed by atoms with Gasteiger partial charge in [0.1, 0.15) is 0 Å². The normalized spacial score (nSPS) is 22.5. The third-order valence-electron chi connectivity index (χ3n) is 2.63. The van der Waals surface area contributed by atoms with Gasteiger partial charge in [0.05, 0.1) is 0 Å². The minimum Gasteiger partial charge on any atom is -0.317 e. The van der Waals surface area contributed by atoms with Gasteiger partial charge in [-0.15, -0.1) is 0 Å². The monoisotopic (exact) mass is 187 g/mol. The highest BCUT2D eigenvalue weighted by molar-refractivity contribution is 7.99. The van der Waals surface area contributed by atoms with Crippen molar-refractivity contribution < 1.29 is 0 Å². The van der Waals surface area contributed by atoms with Crippen LogP contribution in [0.1, 0.15) is 33.1 Å². The molecule has 1 rings (SSSR count). The zero-order valence-corrected chi connectivity index (χ0v) is 9.12. The molecule has 0 aliphatic carbocycles. The van der Waals surface area contributed by atoms with Gasteiger partial charge in [-0.25, -0.2) is 0 Å². The molecule has 0 aromatic heterocycles. The number of hydrogen-bond acceptors (Lipinski definition) is 2. The van der Waals surface area contributed by atoms with E-state index < -0.39 is 0 Å². The fraction of sp³-hybridized carbons (Fsp3) is 1.00. The first kappa shape index (κ1) is 10.4. The standard InChI is InChI=1S/C10H21NS/c1-3-8-12-9(2)10-4-6-11-7-5-10/h9-11H,3-8H2,1-2H3. The van der Waals surface area contributed by atoms with Crippen molar-refractivity contribution in [2.75, 3.05) is 18.8 Å². The lowest BCUT2D eigenvalue weighted by Crippen LogP contribution is -2.31. The molecule has 12 heavy (non-hydrogen) atoms. The van der Waals surface area contributed by atoms with Gasteiger partial charge in [-0.3, -0.25) is 0 Å². The van der Waals surface area contributed by atoms with Crippen molar-refractivity contribution in [2.45, 2.75) is 38.4 Å². The zero-order valence-electron chi connectivity index (χ0n) is 8.31. The molecular formula is C10H21NS. The molecule has 1 aliphatic heterocycles. The van der Waals surface area contributed by atoms with Gasteiger partial charge in [0.25, 0.3) is 0 Å². The summed E-state index contributed by atoms with van der Waals surface area (Å²) in [5.41, 5.74) is 0. The number of nitrogens with one attached hydrogen (secondary N) is 1. The minimum atomic E-state index is 0.882. The van der Waals surface area contributed by atoms with Crippen LogP contribution in [0.5, 0.6) is 0 Å². The van der Waals surface area contributed by atoms with Crippen molar-refractivity contribution in [3.63, 3.8) is 0 Å². The predicted molar refractivity (Wildman–Crippen MR) is 57.8 cm³/mol.